The fourth-order valence-electron chi connectivity index (χ4n) is 2.84. The number of ether oxygens (including phenoxy) is 1. The SMILES string of the molecule is O=C(O)c1cncc(C(=O)N2CCC[C@H]2COc2ccc(F)cc2)c1. The zero-order valence-electron chi connectivity index (χ0n) is 13.4. The van der Waals surface area contributed by atoms with E-state index in [9.17, 15) is 14.0 Å². The first-order valence-electron chi connectivity index (χ1n) is 7.92. The van der Waals surface area contributed by atoms with Gasteiger partial charge in [-0.25, -0.2) is 9.18 Å². The van der Waals surface area contributed by atoms with Crippen molar-refractivity contribution in [3.8, 4) is 5.75 Å². The standard InChI is InChI=1S/C18H17FN2O4/c19-14-3-5-16(6-4-14)25-11-15-2-1-7-21(15)17(22)12-8-13(18(23)24)10-20-9-12/h3-6,8-10,15H,1-2,7,11H2,(H,23,24)/t15-/m0/s1. The number of benzene rings is 1. The van der Waals surface area contributed by atoms with E-state index >= 15 is 0 Å². The van der Waals surface area contributed by atoms with Crippen LogP contribution in [0.5, 0.6) is 5.75 Å². The van der Waals surface area contributed by atoms with E-state index in [2.05, 4.69) is 4.98 Å². The molecule has 0 saturated carbocycles. The molecule has 1 fully saturated rings. The molecule has 1 amide bonds. The van der Waals surface area contributed by atoms with Crippen LogP contribution in [0.3, 0.4) is 0 Å². The highest BCUT2D eigenvalue weighted by molar-refractivity contribution is 5.97. The highest BCUT2D eigenvalue weighted by Gasteiger charge is 2.30. The Morgan fingerprint density at radius 1 is 1.24 bits per heavy atom. The lowest BCUT2D eigenvalue weighted by Gasteiger charge is -2.25. The topological polar surface area (TPSA) is 79.7 Å². The van der Waals surface area contributed by atoms with E-state index in [0.717, 1.165) is 12.8 Å². The fraction of sp³-hybridized carbons (Fsp3) is 0.278. The average molecular weight is 344 g/mol. The summed E-state index contributed by atoms with van der Waals surface area (Å²) < 4.78 is 18.6. The Hall–Kier alpha value is -2.96. The van der Waals surface area contributed by atoms with E-state index in [1.165, 1.54) is 42.7 Å². The number of carbonyl (C=O) groups is 2. The number of likely N-dealkylation sites (tertiary alicyclic amines) is 1. The molecule has 7 heteroatoms. The number of hydrogen-bond acceptors (Lipinski definition) is 4. The molecule has 1 atom stereocenters. The third-order valence-corrected chi connectivity index (χ3v) is 4.13. The van der Waals surface area contributed by atoms with Gasteiger partial charge in [0.05, 0.1) is 17.2 Å². The van der Waals surface area contributed by atoms with Gasteiger partial charge in [-0.2, -0.15) is 0 Å². The molecule has 0 spiro atoms. The smallest absolute Gasteiger partial charge is 0.337 e. The number of carboxylic acids is 1. The second-order valence-electron chi connectivity index (χ2n) is 5.83. The van der Waals surface area contributed by atoms with Crippen molar-refractivity contribution in [3.05, 3.63) is 59.7 Å². The molecule has 0 aliphatic carbocycles. The molecule has 1 saturated heterocycles. The number of pyridine rings is 1. The summed E-state index contributed by atoms with van der Waals surface area (Å²) in [5, 5.41) is 9.03. The van der Waals surface area contributed by atoms with Gasteiger partial charge in [0.25, 0.3) is 5.91 Å². The molecule has 6 nitrogen and oxygen atoms in total. The number of hydrogen-bond donors (Lipinski definition) is 1. The number of rotatable bonds is 5. The minimum absolute atomic E-state index is 0.0239. The van der Waals surface area contributed by atoms with Crippen LogP contribution < -0.4 is 4.74 Å². The van der Waals surface area contributed by atoms with Crippen LogP contribution in [0.25, 0.3) is 0 Å². The Kier molecular flexibility index (Phi) is 4.92. The molecule has 2 heterocycles. The van der Waals surface area contributed by atoms with Crippen LogP contribution in [0.4, 0.5) is 4.39 Å². The number of aromatic nitrogens is 1. The van der Waals surface area contributed by atoms with Crippen molar-refractivity contribution >= 4 is 11.9 Å². The molecule has 25 heavy (non-hydrogen) atoms. The predicted molar refractivity (Wildman–Crippen MR) is 87.1 cm³/mol. The molecule has 1 aliphatic rings. The summed E-state index contributed by atoms with van der Waals surface area (Å²) in [6, 6.07) is 6.92. The third-order valence-electron chi connectivity index (χ3n) is 4.13. The second kappa shape index (κ2) is 7.29. The van der Waals surface area contributed by atoms with Crippen LogP contribution in [-0.4, -0.2) is 46.1 Å². The van der Waals surface area contributed by atoms with Crippen molar-refractivity contribution in [2.75, 3.05) is 13.2 Å². The van der Waals surface area contributed by atoms with Crippen molar-refractivity contribution in [2.45, 2.75) is 18.9 Å². The zero-order chi connectivity index (χ0) is 17.8. The van der Waals surface area contributed by atoms with Crippen molar-refractivity contribution < 1.29 is 23.8 Å². The van der Waals surface area contributed by atoms with E-state index in [-0.39, 0.29) is 28.9 Å². The van der Waals surface area contributed by atoms with Gasteiger partial charge < -0.3 is 14.7 Å². The number of amides is 1. The number of carbonyl (C=O) groups excluding carboxylic acids is 1. The molecule has 2 aromatic rings. The van der Waals surface area contributed by atoms with Crippen molar-refractivity contribution in [2.24, 2.45) is 0 Å². The molecule has 1 aromatic carbocycles. The first-order valence-corrected chi connectivity index (χ1v) is 7.92. The second-order valence-corrected chi connectivity index (χ2v) is 5.83. The number of carboxylic acid groups (broad SMARTS) is 1. The Morgan fingerprint density at radius 3 is 2.68 bits per heavy atom. The highest BCUT2D eigenvalue weighted by atomic mass is 19.1. The normalized spacial score (nSPS) is 16.7. The molecule has 0 radical (unpaired) electrons. The maximum Gasteiger partial charge on any atom is 0.337 e. The summed E-state index contributed by atoms with van der Waals surface area (Å²) in [4.78, 5) is 29.2. The Balaban J connectivity index is 1.68. The van der Waals surface area contributed by atoms with E-state index < -0.39 is 5.97 Å². The molecule has 1 aliphatic heterocycles. The summed E-state index contributed by atoms with van der Waals surface area (Å²) in [6.07, 6.45) is 4.21. The molecule has 1 N–H and O–H groups in total. The van der Waals surface area contributed by atoms with E-state index in [1.54, 1.807) is 4.90 Å². The summed E-state index contributed by atoms with van der Waals surface area (Å²) in [6.45, 7) is 0.872. The van der Waals surface area contributed by atoms with Gasteiger partial charge in [0.2, 0.25) is 0 Å². The molecule has 0 unspecified atom stereocenters. The van der Waals surface area contributed by atoms with E-state index in [1.807, 2.05) is 0 Å². The molecule has 130 valence electrons. The van der Waals surface area contributed by atoms with Crippen molar-refractivity contribution in [3.63, 3.8) is 0 Å². The van der Waals surface area contributed by atoms with Gasteiger partial charge in [-0.15, -0.1) is 0 Å². The van der Waals surface area contributed by atoms with Crippen LogP contribution in [-0.2, 0) is 0 Å². The molecular weight excluding hydrogens is 327 g/mol. The van der Waals surface area contributed by atoms with Gasteiger partial charge in [0.15, 0.2) is 0 Å². The lowest BCUT2D eigenvalue weighted by molar-refractivity contribution is 0.0691. The minimum Gasteiger partial charge on any atom is -0.491 e. The summed E-state index contributed by atoms with van der Waals surface area (Å²) in [5.74, 6) is -1.19. The third kappa shape index (κ3) is 3.93. The van der Waals surface area contributed by atoms with Crippen LogP contribution in [0.1, 0.15) is 33.6 Å². The van der Waals surface area contributed by atoms with E-state index in [4.69, 9.17) is 9.84 Å². The molecule has 3 rings (SSSR count). The van der Waals surface area contributed by atoms with Gasteiger partial charge >= 0.3 is 5.97 Å². The summed E-state index contributed by atoms with van der Waals surface area (Å²) in [7, 11) is 0. The van der Waals surface area contributed by atoms with Crippen LogP contribution >= 0.6 is 0 Å². The largest absolute Gasteiger partial charge is 0.491 e. The predicted octanol–water partition coefficient (Wildman–Crippen LogP) is 2.60. The van der Waals surface area contributed by atoms with Gasteiger partial charge in [0, 0.05) is 18.9 Å². The maximum atomic E-state index is 12.9. The van der Waals surface area contributed by atoms with Gasteiger partial charge in [-0.05, 0) is 43.2 Å². The lowest BCUT2D eigenvalue weighted by Crippen LogP contribution is -2.39. The molecule has 1 aromatic heterocycles. The minimum atomic E-state index is -1.13. The monoisotopic (exact) mass is 344 g/mol. The van der Waals surface area contributed by atoms with Gasteiger partial charge in [0.1, 0.15) is 18.2 Å². The van der Waals surface area contributed by atoms with Crippen LogP contribution in [0.15, 0.2) is 42.7 Å². The van der Waals surface area contributed by atoms with Crippen LogP contribution in [0.2, 0.25) is 0 Å². The number of nitrogens with zero attached hydrogens (tertiary/aromatic N) is 2. The first-order chi connectivity index (χ1) is 12.0. The van der Waals surface area contributed by atoms with Crippen LogP contribution in [0, 0.1) is 5.82 Å². The number of aromatic carboxylic acids is 1. The fourth-order valence-corrected chi connectivity index (χ4v) is 2.84. The number of halogens is 1. The van der Waals surface area contributed by atoms with Gasteiger partial charge in [-0.3, -0.25) is 9.78 Å². The zero-order valence-corrected chi connectivity index (χ0v) is 13.4. The Bertz CT molecular complexity index is 779. The Morgan fingerprint density at radius 2 is 1.96 bits per heavy atom. The maximum absolute atomic E-state index is 12.9. The van der Waals surface area contributed by atoms with Crippen molar-refractivity contribution in [1.82, 2.24) is 9.88 Å². The Labute approximate surface area is 143 Å². The average Bonchev–Trinajstić information content (AvgIpc) is 3.09. The first kappa shape index (κ1) is 16.9. The van der Waals surface area contributed by atoms with Crippen molar-refractivity contribution in [1.29, 1.82) is 0 Å². The molecule has 0 bridgehead atoms. The summed E-state index contributed by atoms with van der Waals surface area (Å²) in [5.41, 5.74) is 0.220. The highest BCUT2D eigenvalue weighted by Crippen LogP contribution is 2.22. The quantitative estimate of drug-likeness (QED) is 0.902. The van der Waals surface area contributed by atoms with Gasteiger partial charge in [-0.1, -0.05) is 0 Å². The molecular formula is C18H17FN2O4. The van der Waals surface area contributed by atoms with E-state index in [0.29, 0.717) is 18.9 Å². The lowest BCUT2D eigenvalue weighted by atomic mass is 10.1. The summed E-state index contributed by atoms with van der Waals surface area (Å²) >= 11 is 0.